The number of amides is 1. The molecule has 3 rings (SSSR count). The van der Waals surface area contributed by atoms with Crippen molar-refractivity contribution >= 4 is 15.9 Å². The molecule has 7 heteroatoms. The minimum atomic E-state index is -3.81. The van der Waals surface area contributed by atoms with E-state index in [2.05, 4.69) is 5.32 Å². The Hall–Kier alpha value is -2.22. The Kier molecular flexibility index (Phi) is 9.72. The van der Waals surface area contributed by atoms with E-state index in [0.29, 0.717) is 6.42 Å². The van der Waals surface area contributed by atoms with Gasteiger partial charge < -0.3 is 10.4 Å². The largest absolute Gasteiger partial charge is 0.390 e. The average Bonchev–Trinajstić information content (AvgIpc) is 3.34. The first-order valence-corrected chi connectivity index (χ1v) is 14.6. The summed E-state index contributed by atoms with van der Waals surface area (Å²) in [4.78, 5) is 13.7. The number of sulfonamides is 1. The molecule has 2 aromatic rings. The lowest BCUT2D eigenvalue weighted by molar-refractivity contribution is -0.132. The summed E-state index contributed by atoms with van der Waals surface area (Å²) >= 11 is 0. The van der Waals surface area contributed by atoms with Gasteiger partial charge in [0.05, 0.1) is 17.0 Å². The molecule has 198 valence electrons. The molecule has 6 nitrogen and oxygen atoms in total. The Balaban J connectivity index is 1.87. The number of carbonyl (C=O) groups is 1. The van der Waals surface area contributed by atoms with Crippen LogP contribution in [0.5, 0.6) is 0 Å². The standard InChI is InChI=1S/C29H42N2O4S/c1-5-29(17-9-10-18-29)28(33)30-26(19-24-11-7-6-8-12-24)27(32)21-31(20-22(2)3)36(34,35)25-15-13-23(4)14-16-25/h6-8,11-16,22,26-27,32H,5,9-10,17-21H2,1-4H3,(H,30,33)/t26-,27+/m0/s1. The summed E-state index contributed by atoms with van der Waals surface area (Å²) < 4.78 is 28.5. The van der Waals surface area contributed by atoms with Gasteiger partial charge >= 0.3 is 0 Å². The van der Waals surface area contributed by atoms with Gasteiger partial charge in [-0.15, -0.1) is 0 Å². The number of nitrogens with zero attached hydrogens (tertiary/aromatic N) is 1. The lowest BCUT2D eigenvalue weighted by Gasteiger charge is -2.34. The highest BCUT2D eigenvalue weighted by molar-refractivity contribution is 7.89. The second-order valence-corrected chi connectivity index (χ2v) is 12.6. The predicted molar refractivity (Wildman–Crippen MR) is 144 cm³/mol. The number of hydrogen-bond acceptors (Lipinski definition) is 4. The molecular weight excluding hydrogens is 472 g/mol. The maximum Gasteiger partial charge on any atom is 0.243 e. The average molecular weight is 515 g/mol. The van der Waals surface area contributed by atoms with Crippen LogP contribution in [0.1, 0.15) is 64.0 Å². The topological polar surface area (TPSA) is 86.7 Å². The number of rotatable bonds is 12. The van der Waals surface area contributed by atoms with Crippen LogP contribution >= 0.6 is 0 Å². The summed E-state index contributed by atoms with van der Waals surface area (Å²) in [6, 6.07) is 15.9. The summed E-state index contributed by atoms with van der Waals surface area (Å²) in [7, 11) is -3.81. The smallest absolute Gasteiger partial charge is 0.243 e. The van der Waals surface area contributed by atoms with Crippen LogP contribution in [-0.4, -0.2) is 49.0 Å². The van der Waals surface area contributed by atoms with Gasteiger partial charge in [0.25, 0.3) is 0 Å². The molecule has 1 saturated carbocycles. The highest BCUT2D eigenvalue weighted by atomic mass is 32.2. The van der Waals surface area contributed by atoms with Crippen molar-refractivity contribution in [3.05, 3.63) is 65.7 Å². The summed E-state index contributed by atoms with van der Waals surface area (Å²) in [5, 5.41) is 14.6. The fourth-order valence-electron chi connectivity index (χ4n) is 5.14. The quantitative estimate of drug-likeness (QED) is 0.430. The van der Waals surface area contributed by atoms with Gasteiger partial charge in [-0.2, -0.15) is 4.31 Å². The first kappa shape index (κ1) is 28.4. The van der Waals surface area contributed by atoms with E-state index >= 15 is 0 Å². The minimum absolute atomic E-state index is 0.0284. The third kappa shape index (κ3) is 6.96. The zero-order valence-electron chi connectivity index (χ0n) is 22.1. The number of aliphatic hydroxyl groups is 1. The third-order valence-electron chi connectivity index (χ3n) is 7.42. The SMILES string of the molecule is CCC1(C(=O)N[C@@H](Cc2ccccc2)[C@H](O)CN(CC(C)C)S(=O)(=O)c2ccc(C)cc2)CCCC1. The Morgan fingerprint density at radius 3 is 2.19 bits per heavy atom. The van der Waals surface area contributed by atoms with Crippen LogP contribution in [-0.2, 0) is 21.2 Å². The van der Waals surface area contributed by atoms with Gasteiger partial charge in [-0.25, -0.2) is 8.42 Å². The molecule has 0 spiro atoms. The summed E-state index contributed by atoms with van der Waals surface area (Å²) in [5.41, 5.74) is 1.56. The fourth-order valence-corrected chi connectivity index (χ4v) is 6.76. The molecular formula is C29H42N2O4S. The molecule has 1 aliphatic rings. The van der Waals surface area contributed by atoms with Crippen LogP contribution in [0.25, 0.3) is 0 Å². The van der Waals surface area contributed by atoms with Crippen LogP contribution in [0.3, 0.4) is 0 Å². The van der Waals surface area contributed by atoms with Gasteiger partial charge in [0.2, 0.25) is 15.9 Å². The van der Waals surface area contributed by atoms with Crippen molar-refractivity contribution in [1.29, 1.82) is 0 Å². The van der Waals surface area contributed by atoms with E-state index in [9.17, 15) is 18.3 Å². The van der Waals surface area contributed by atoms with Gasteiger partial charge in [-0.1, -0.05) is 81.6 Å². The molecule has 0 radical (unpaired) electrons. The zero-order valence-corrected chi connectivity index (χ0v) is 22.9. The van der Waals surface area contributed by atoms with Crippen LogP contribution in [0.4, 0.5) is 0 Å². The fraction of sp³-hybridized carbons (Fsp3) is 0.552. The number of benzene rings is 2. The first-order chi connectivity index (χ1) is 17.1. The van der Waals surface area contributed by atoms with E-state index < -0.39 is 27.6 Å². The molecule has 2 atom stereocenters. The molecule has 0 heterocycles. The Labute approximate surface area is 217 Å². The molecule has 1 amide bonds. The van der Waals surface area contributed by atoms with Crippen molar-refractivity contribution in [2.75, 3.05) is 13.1 Å². The maximum atomic E-state index is 13.6. The second kappa shape index (κ2) is 12.3. The normalized spacial score (nSPS) is 17.3. The minimum Gasteiger partial charge on any atom is -0.390 e. The van der Waals surface area contributed by atoms with E-state index in [-0.39, 0.29) is 29.8 Å². The van der Waals surface area contributed by atoms with Gasteiger partial charge in [0, 0.05) is 18.5 Å². The van der Waals surface area contributed by atoms with E-state index in [4.69, 9.17) is 0 Å². The summed E-state index contributed by atoms with van der Waals surface area (Å²) in [6.45, 7) is 8.06. The molecule has 0 unspecified atom stereocenters. The van der Waals surface area contributed by atoms with Gasteiger partial charge in [0.1, 0.15) is 0 Å². The van der Waals surface area contributed by atoms with Crippen LogP contribution in [0, 0.1) is 18.3 Å². The van der Waals surface area contributed by atoms with Gasteiger partial charge in [0.15, 0.2) is 0 Å². The molecule has 1 fully saturated rings. The monoisotopic (exact) mass is 514 g/mol. The predicted octanol–water partition coefficient (Wildman–Crippen LogP) is 4.70. The molecule has 2 aromatic carbocycles. The van der Waals surface area contributed by atoms with Crippen LogP contribution in [0.2, 0.25) is 0 Å². The van der Waals surface area contributed by atoms with Gasteiger partial charge in [-0.05, 0) is 56.2 Å². The van der Waals surface area contributed by atoms with Crippen molar-refractivity contribution in [2.45, 2.75) is 83.3 Å². The molecule has 1 aliphatic carbocycles. The van der Waals surface area contributed by atoms with E-state index in [1.165, 1.54) is 4.31 Å². The van der Waals surface area contributed by atoms with Crippen molar-refractivity contribution in [1.82, 2.24) is 9.62 Å². The highest BCUT2D eigenvalue weighted by Gasteiger charge is 2.41. The van der Waals surface area contributed by atoms with Crippen molar-refractivity contribution in [3.8, 4) is 0 Å². The van der Waals surface area contributed by atoms with Crippen LogP contribution < -0.4 is 5.32 Å². The van der Waals surface area contributed by atoms with E-state index in [1.54, 1.807) is 24.3 Å². The lowest BCUT2D eigenvalue weighted by Crippen LogP contribution is -2.53. The molecule has 0 aliphatic heterocycles. The number of aryl methyl sites for hydroxylation is 1. The highest BCUT2D eigenvalue weighted by Crippen LogP contribution is 2.41. The van der Waals surface area contributed by atoms with E-state index in [1.807, 2.05) is 58.0 Å². The Morgan fingerprint density at radius 1 is 1.03 bits per heavy atom. The van der Waals surface area contributed by atoms with Crippen LogP contribution in [0.15, 0.2) is 59.5 Å². The summed E-state index contributed by atoms with van der Waals surface area (Å²) in [5.74, 6) is 0.0423. The first-order valence-electron chi connectivity index (χ1n) is 13.2. The zero-order chi connectivity index (χ0) is 26.3. The number of nitrogens with one attached hydrogen (secondary N) is 1. The molecule has 0 bridgehead atoms. The lowest BCUT2D eigenvalue weighted by atomic mass is 9.82. The summed E-state index contributed by atoms with van der Waals surface area (Å²) in [6.07, 6.45) is 3.88. The number of carbonyl (C=O) groups excluding carboxylic acids is 1. The maximum absolute atomic E-state index is 13.6. The Bertz CT molecular complexity index is 1080. The number of hydrogen-bond donors (Lipinski definition) is 2. The van der Waals surface area contributed by atoms with Crippen molar-refractivity contribution in [2.24, 2.45) is 11.3 Å². The molecule has 0 saturated heterocycles. The second-order valence-electron chi connectivity index (χ2n) is 10.7. The molecule has 2 N–H and O–H groups in total. The number of aliphatic hydroxyl groups excluding tert-OH is 1. The van der Waals surface area contributed by atoms with E-state index in [0.717, 1.165) is 43.2 Å². The molecule has 0 aromatic heterocycles. The third-order valence-corrected chi connectivity index (χ3v) is 9.26. The molecule has 36 heavy (non-hydrogen) atoms. The Morgan fingerprint density at radius 2 is 1.64 bits per heavy atom. The van der Waals surface area contributed by atoms with Crippen molar-refractivity contribution in [3.63, 3.8) is 0 Å². The van der Waals surface area contributed by atoms with Crippen molar-refractivity contribution < 1.29 is 18.3 Å². The van der Waals surface area contributed by atoms with Gasteiger partial charge in [-0.3, -0.25) is 4.79 Å².